The van der Waals surface area contributed by atoms with Crippen molar-refractivity contribution in [1.82, 2.24) is 20.2 Å². The number of hydrogen-bond acceptors (Lipinski definition) is 3. The molecule has 0 saturated heterocycles. The van der Waals surface area contributed by atoms with Gasteiger partial charge in [0, 0.05) is 5.56 Å². The fraction of sp³-hybridized carbons (Fsp3) is 0.462. The van der Waals surface area contributed by atoms with Gasteiger partial charge in [0.25, 0.3) is 0 Å². The van der Waals surface area contributed by atoms with Crippen LogP contribution in [0.5, 0.6) is 0 Å². The van der Waals surface area contributed by atoms with Crippen LogP contribution in [-0.2, 0) is 6.54 Å². The van der Waals surface area contributed by atoms with Crippen LogP contribution in [0.3, 0.4) is 0 Å². The summed E-state index contributed by atoms with van der Waals surface area (Å²) < 4.78 is 0. The highest BCUT2D eigenvalue weighted by Crippen LogP contribution is 2.12. The molecule has 0 amide bonds. The van der Waals surface area contributed by atoms with Gasteiger partial charge in [0.05, 0.1) is 6.54 Å². The third kappa shape index (κ3) is 3.37. The fourth-order valence-corrected chi connectivity index (χ4v) is 1.72. The number of rotatable bonds is 6. The molecule has 0 atom stereocenters. The Morgan fingerprint density at radius 2 is 1.88 bits per heavy atom. The van der Waals surface area contributed by atoms with Gasteiger partial charge in [-0.25, -0.2) is 0 Å². The second-order valence-electron chi connectivity index (χ2n) is 4.14. The van der Waals surface area contributed by atoms with Gasteiger partial charge in [-0.2, -0.15) is 4.80 Å². The molecule has 0 radical (unpaired) electrons. The molecule has 0 aliphatic heterocycles. The molecule has 90 valence electrons. The van der Waals surface area contributed by atoms with E-state index in [1.54, 1.807) is 4.80 Å². The SMILES string of the molecule is CCCCCCn1nnc(-c2ccccc2)n1. The predicted octanol–water partition coefficient (Wildman–Crippen LogP) is 2.92. The number of aromatic nitrogens is 4. The van der Waals surface area contributed by atoms with Crippen LogP contribution in [0.2, 0.25) is 0 Å². The molecule has 0 fully saturated rings. The molecule has 2 rings (SSSR count). The highest BCUT2D eigenvalue weighted by atomic mass is 15.6. The summed E-state index contributed by atoms with van der Waals surface area (Å²) in [6.07, 6.45) is 4.89. The molecule has 0 N–H and O–H groups in total. The van der Waals surface area contributed by atoms with Crippen molar-refractivity contribution in [1.29, 1.82) is 0 Å². The Morgan fingerprint density at radius 3 is 2.65 bits per heavy atom. The second kappa shape index (κ2) is 6.13. The number of benzene rings is 1. The van der Waals surface area contributed by atoms with Crippen molar-refractivity contribution >= 4 is 0 Å². The lowest BCUT2D eigenvalue weighted by molar-refractivity contribution is 0.480. The van der Waals surface area contributed by atoms with Crippen LogP contribution in [0.1, 0.15) is 32.6 Å². The van der Waals surface area contributed by atoms with Gasteiger partial charge >= 0.3 is 0 Å². The van der Waals surface area contributed by atoms with E-state index in [-0.39, 0.29) is 0 Å². The summed E-state index contributed by atoms with van der Waals surface area (Å²) in [6.45, 7) is 3.07. The molecule has 2 aromatic rings. The molecule has 0 aliphatic carbocycles. The zero-order chi connectivity index (χ0) is 11.9. The zero-order valence-electron chi connectivity index (χ0n) is 10.2. The lowest BCUT2D eigenvalue weighted by Gasteiger charge is -1.97. The number of aryl methyl sites for hydroxylation is 1. The molecule has 0 spiro atoms. The van der Waals surface area contributed by atoms with E-state index in [9.17, 15) is 0 Å². The van der Waals surface area contributed by atoms with Crippen molar-refractivity contribution in [3.05, 3.63) is 30.3 Å². The molecule has 0 aliphatic rings. The molecular formula is C13H18N4. The van der Waals surface area contributed by atoms with Crippen molar-refractivity contribution in [3.8, 4) is 11.4 Å². The smallest absolute Gasteiger partial charge is 0.164 e. The Labute approximate surface area is 102 Å². The quantitative estimate of drug-likeness (QED) is 0.717. The summed E-state index contributed by atoms with van der Waals surface area (Å²) >= 11 is 0. The highest BCUT2D eigenvalue weighted by Gasteiger charge is 2.04. The maximum atomic E-state index is 4.37. The van der Waals surface area contributed by atoms with Gasteiger partial charge in [-0.3, -0.25) is 0 Å². The normalized spacial score (nSPS) is 10.6. The van der Waals surface area contributed by atoms with Gasteiger partial charge in [-0.05, 0) is 11.6 Å². The summed E-state index contributed by atoms with van der Waals surface area (Å²) in [5.41, 5.74) is 1.02. The molecule has 1 aromatic heterocycles. The Hall–Kier alpha value is -1.71. The van der Waals surface area contributed by atoms with Gasteiger partial charge in [-0.1, -0.05) is 56.5 Å². The number of hydrogen-bond donors (Lipinski definition) is 0. The molecule has 0 bridgehead atoms. The number of tetrazole rings is 1. The summed E-state index contributed by atoms with van der Waals surface area (Å²) in [4.78, 5) is 1.69. The summed E-state index contributed by atoms with van der Waals surface area (Å²) in [6, 6.07) is 9.95. The molecule has 0 saturated carbocycles. The first-order valence-corrected chi connectivity index (χ1v) is 6.23. The van der Waals surface area contributed by atoms with Crippen molar-refractivity contribution in [2.75, 3.05) is 0 Å². The molecular weight excluding hydrogens is 212 g/mol. The highest BCUT2D eigenvalue weighted by molar-refractivity contribution is 5.52. The number of unbranched alkanes of at least 4 members (excludes halogenated alkanes) is 3. The Balaban J connectivity index is 1.92. The molecule has 4 nitrogen and oxygen atoms in total. The maximum Gasteiger partial charge on any atom is 0.204 e. The summed E-state index contributed by atoms with van der Waals surface area (Å²) in [5.74, 6) is 0.709. The van der Waals surface area contributed by atoms with Gasteiger partial charge in [0.2, 0.25) is 5.82 Å². The minimum atomic E-state index is 0.709. The standard InChI is InChI=1S/C13H18N4/c1-2-3-4-8-11-17-15-13(14-16-17)12-9-6-5-7-10-12/h5-7,9-10H,2-4,8,11H2,1H3. The third-order valence-electron chi connectivity index (χ3n) is 2.70. The number of nitrogens with zero attached hydrogens (tertiary/aromatic N) is 4. The lowest BCUT2D eigenvalue weighted by Crippen LogP contribution is -2.02. The van der Waals surface area contributed by atoms with Crippen LogP contribution < -0.4 is 0 Å². The van der Waals surface area contributed by atoms with E-state index >= 15 is 0 Å². The van der Waals surface area contributed by atoms with E-state index in [1.807, 2.05) is 30.3 Å². The van der Waals surface area contributed by atoms with Crippen LogP contribution in [0.25, 0.3) is 11.4 Å². The van der Waals surface area contributed by atoms with E-state index in [0.717, 1.165) is 18.5 Å². The first-order chi connectivity index (χ1) is 8.40. The monoisotopic (exact) mass is 230 g/mol. The van der Waals surface area contributed by atoms with Crippen LogP contribution in [0.4, 0.5) is 0 Å². The Bertz CT molecular complexity index is 436. The predicted molar refractivity (Wildman–Crippen MR) is 67.4 cm³/mol. The molecule has 1 heterocycles. The van der Waals surface area contributed by atoms with Crippen molar-refractivity contribution < 1.29 is 0 Å². The van der Waals surface area contributed by atoms with Crippen molar-refractivity contribution in [3.63, 3.8) is 0 Å². The van der Waals surface area contributed by atoms with Crippen LogP contribution >= 0.6 is 0 Å². The summed E-state index contributed by atoms with van der Waals surface area (Å²) in [7, 11) is 0. The fourth-order valence-electron chi connectivity index (χ4n) is 1.72. The maximum absolute atomic E-state index is 4.37. The first-order valence-electron chi connectivity index (χ1n) is 6.23. The summed E-state index contributed by atoms with van der Waals surface area (Å²) in [5, 5.41) is 12.5. The Kier molecular flexibility index (Phi) is 4.24. The van der Waals surface area contributed by atoms with E-state index in [1.165, 1.54) is 19.3 Å². The molecule has 17 heavy (non-hydrogen) atoms. The van der Waals surface area contributed by atoms with Crippen LogP contribution in [-0.4, -0.2) is 20.2 Å². The van der Waals surface area contributed by atoms with Crippen LogP contribution in [0.15, 0.2) is 30.3 Å². The average molecular weight is 230 g/mol. The third-order valence-corrected chi connectivity index (χ3v) is 2.70. The van der Waals surface area contributed by atoms with E-state index < -0.39 is 0 Å². The minimum absolute atomic E-state index is 0.709. The minimum Gasteiger partial charge on any atom is -0.164 e. The van der Waals surface area contributed by atoms with Crippen LogP contribution in [0, 0.1) is 0 Å². The van der Waals surface area contributed by atoms with E-state index in [0.29, 0.717) is 5.82 Å². The zero-order valence-corrected chi connectivity index (χ0v) is 10.2. The average Bonchev–Trinajstić information content (AvgIpc) is 2.85. The van der Waals surface area contributed by atoms with E-state index in [2.05, 4.69) is 22.3 Å². The first kappa shape index (κ1) is 11.8. The molecule has 4 heteroatoms. The lowest BCUT2D eigenvalue weighted by atomic mass is 10.2. The van der Waals surface area contributed by atoms with Gasteiger partial charge in [-0.15, -0.1) is 10.2 Å². The molecule has 0 unspecified atom stereocenters. The van der Waals surface area contributed by atoms with Crippen molar-refractivity contribution in [2.45, 2.75) is 39.2 Å². The Morgan fingerprint density at radius 1 is 1.06 bits per heavy atom. The topological polar surface area (TPSA) is 43.6 Å². The van der Waals surface area contributed by atoms with Gasteiger partial charge in [0.15, 0.2) is 0 Å². The van der Waals surface area contributed by atoms with Gasteiger partial charge in [0.1, 0.15) is 0 Å². The molecule has 1 aromatic carbocycles. The van der Waals surface area contributed by atoms with Gasteiger partial charge < -0.3 is 0 Å². The van der Waals surface area contributed by atoms with Crippen molar-refractivity contribution in [2.24, 2.45) is 0 Å². The van der Waals surface area contributed by atoms with E-state index in [4.69, 9.17) is 0 Å². The largest absolute Gasteiger partial charge is 0.204 e. The second-order valence-corrected chi connectivity index (χ2v) is 4.14.